The number of aliphatic hydroxyl groups is 2. The first-order chi connectivity index (χ1) is 8.54. The summed E-state index contributed by atoms with van der Waals surface area (Å²) >= 11 is 0. The zero-order valence-electron chi connectivity index (χ0n) is 14.6. The van der Waals surface area contributed by atoms with Crippen molar-refractivity contribution in [1.82, 2.24) is 0 Å². The van der Waals surface area contributed by atoms with Crippen molar-refractivity contribution in [2.45, 2.75) is 81.3 Å². The van der Waals surface area contributed by atoms with Gasteiger partial charge in [0.2, 0.25) is 0 Å². The van der Waals surface area contributed by atoms with Crippen LogP contribution in [0, 0.1) is 0 Å². The van der Waals surface area contributed by atoms with Gasteiger partial charge in [0.1, 0.15) is 0 Å². The Hall–Kier alpha value is -0.160. The SMILES string of the molecule is CC.CC.CC.CC.CC(N)CO.CC(N)CO. The van der Waals surface area contributed by atoms with E-state index < -0.39 is 0 Å². The minimum atomic E-state index is -0.0602. The summed E-state index contributed by atoms with van der Waals surface area (Å²) in [6.45, 7) is 19.7. The highest BCUT2D eigenvalue weighted by Gasteiger charge is 1.81. The van der Waals surface area contributed by atoms with Crippen LogP contribution in [0.1, 0.15) is 69.2 Å². The quantitative estimate of drug-likeness (QED) is 0.621. The third kappa shape index (κ3) is 237. The van der Waals surface area contributed by atoms with Gasteiger partial charge in [-0.15, -0.1) is 0 Å². The van der Waals surface area contributed by atoms with Gasteiger partial charge in [0, 0.05) is 12.1 Å². The molecule has 6 N–H and O–H groups in total. The summed E-state index contributed by atoms with van der Waals surface area (Å²) in [5.74, 6) is 0. The van der Waals surface area contributed by atoms with Crippen LogP contribution in [0.25, 0.3) is 0 Å². The first-order valence-corrected chi connectivity index (χ1v) is 7.27. The first-order valence-electron chi connectivity index (χ1n) is 7.27. The number of aliphatic hydroxyl groups excluding tert-OH is 2. The maximum atomic E-state index is 8.02. The smallest absolute Gasteiger partial charge is 0.0579 e. The van der Waals surface area contributed by atoms with Crippen LogP contribution in [0.3, 0.4) is 0 Å². The lowest BCUT2D eigenvalue weighted by molar-refractivity contribution is 0.273. The Kier molecular flexibility index (Phi) is 138. The molecule has 0 aliphatic carbocycles. The van der Waals surface area contributed by atoms with E-state index in [0.717, 1.165) is 0 Å². The molecule has 2 atom stereocenters. The molecule has 4 heteroatoms. The van der Waals surface area contributed by atoms with Crippen LogP contribution >= 0.6 is 0 Å². The number of hydrogen-bond donors (Lipinski definition) is 4. The van der Waals surface area contributed by atoms with Crippen molar-refractivity contribution in [3.63, 3.8) is 0 Å². The van der Waals surface area contributed by atoms with Crippen molar-refractivity contribution in [3.05, 3.63) is 0 Å². The fraction of sp³-hybridized carbons (Fsp3) is 1.00. The van der Waals surface area contributed by atoms with Crippen LogP contribution in [-0.4, -0.2) is 35.5 Å². The molecule has 0 aromatic carbocycles. The molecule has 0 amide bonds. The van der Waals surface area contributed by atoms with E-state index in [-0.39, 0.29) is 25.3 Å². The van der Waals surface area contributed by atoms with E-state index in [2.05, 4.69) is 0 Å². The van der Waals surface area contributed by atoms with Crippen LogP contribution < -0.4 is 11.5 Å². The Bertz CT molecular complexity index is 53.8. The van der Waals surface area contributed by atoms with Crippen molar-refractivity contribution < 1.29 is 10.2 Å². The second-order valence-electron chi connectivity index (χ2n) is 2.32. The molecule has 120 valence electrons. The van der Waals surface area contributed by atoms with E-state index in [1.807, 2.05) is 55.4 Å². The molecule has 0 aromatic heterocycles. The maximum Gasteiger partial charge on any atom is 0.0579 e. The van der Waals surface area contributed by atoms with E-state index >= 15 is 0 Å². The molecule has 0 fully saturated rings. The highest BCUT2D eigenvalue weighted by atomic mass is 16.3. The minimum Gasteiger partial charge on any atom is -0.395 e. The Morgan fingerprint density at radius 2 is 0.667 bits per heavy atom. The predicted molar refractivity (Wildman–Crippen MR) is 86.9 cm³/mol. The molecule has 2 unspecified atom stereocenters. The highest BCUT2D eigenvalue weighted by molar-refractivity contribution is 4.43. The van der Waals surface area contributed by atoms with E-state index in [1.165, 1.54) is 0 Å². The molecule has 0 aliphatic heterocycles. The number of rotatable bonds is 2. The van der Waals surface area contributed by atoms with Gasteiger partial charge in [-0.3, -0.25) is 0 Å². The zero-order valence-corrected chi connectivity index (χ0v) is 14.6. The molecule has 0 heterocycles. The monoisotopic (exact) mass is 270 g/mol. The maximum absolute atomic E-state index is 8.02. The third-order valence-electron chi connectivity index (χ3n) is 0.576. The van der Waals surface area contributed by atoms with Gasteiger partial charge in [0.05, 0.1) is 13.2 Å². The second kappa shape index (κ2) is 68.7. The summed E-state index contributed by atoms with van der Waals surface area (Å²) in [5, 5.41) is 16.0. The Morgan fingerprint density at radius 3 is 0.667 bits per heavy atom. The van der Waals surface area contributed by atoms with Crippen LogP contribution in [0.2, 0.25) is 0 Å². The summed E-state index contributed by atoms with van der Waals surface area (Å²) in [4.78, 5) is 0. The van der Waals surface area contributed by atoms with Crippen LogP contribution in [0.4, 0.5) is 0 Å². The fourth-order valence-corrected chi connectivity index (χ4v) is 0. The molecule has 18 heavy (non-hydrogen) atoms. The molecule has 0 radical (unpaired) electrons. The number of nitrogens with two attached hydrogens (primary N) is 2. The van der Waals surface area contributed by atoms with Crippen molar-refractivity contribution in [3.8, 4) is 0 Å². The lowest BCUT2D eigenvalue weighted by Gasteiger charge is -1.91. The van der Waals surface area contributed by atoms with E-state index in [0.29, 0.717) is 0 Å². The summed E-state index contributed by atoms with van der Waals surface area (Å²) < 4.78 is 0. The standard InChI is InChI=1S/2C3H9NO.4C2H6/c2*1-3(4)2-5;4*1-2/h2*3,5H,2,4H2,1H3;4*1-2H3. The van der Waals surface area contributed by atoms with Crippen LogP contribution in [0.5, 0.6) is 0 Å². The van der Waals surface area contributed by atoms with Gasteiger partial charge in [-0.25, -0.2) is 0 Å². The topological polar surface area (TPSA) is 92.5 Å². The molecular formula is C14H42N2O2. The fourth-order valence-electron chi connectivity index (χ4n) is 0. The Labute approximate surface area is 117 Å². The van der Waals surface area contributed by atoms with Crippen molar-refractivity contribution >= 4 is 0 Å². The summed E-state index contributed by atoms with van der Waals surface area (Å²) in [7, 11) is 0. The number of hydrogen-bond acceptors (Lipinski definition) is 4. The Morgan fingerprint density at radius 1 is 0.611 bits per heavy atom. The largest absolute Gasteiger partial charge is 0.395 e. The van der Waals surface area contributed by atoms with Gasteiger partial charge in [0.15, 0.2) is 0 Å². The van der Waals surface area contributed by atoms with Gasteiger partial charge in [0.25, 0.3) is 0 Å². The van der Waals surface area contributed by atoms with Gasteiger partial charge < -0.3 is 21.7 Å². The first kappa shape index (κ1) is 36.1. The Balaban J connectivity index is -0.0000000260. The molecule has 0 aliphatic rings. The zero-order chi connectivity index (χ0) is 16.6. The van der Waals surface area contributed by atoms with Gasteiger partial charge in [-0.1, -0.05) is 55.4 Å². The van der Waals surface area contributed by atoms with Crippen molar-refractivity contribution in [1.29, 1.82) is 0 Å². The van der Waals surface area contributed by atoms with E-state index in [9.17, 15) is 0 Å². The summed E-state index contributed by atoms with van der Waals surface area (Å²) in [5.41, 5.74) is 10.1. The van der Waals surface area contributed by atoms with Crippen LogP contribution in [0.15, 0.2) is 0 Å². The predicted octanol–water partition coefficient (Wildman–Crippen LogP) is 2.76. The average Bonchev–Trinajstić information content (AvgIpc) is 2.48. The lowest BCUT2D eigenvalue weighted by Crippen LogP contribution is -2.18. The summed E-state index contributed by atoms with van der Waals surface area (Å²) in [6.07, 6.45) is 0. The van der Waals surface area contributed by atoms with Gasteiger partial charge in [-0.2, -0.15) is 0 Å². The minimum absolute atomic E-state index is 0.0602. The molecule has 0 saturated carbocycles. The van der Waals surface area contributed by atoms with Crippen molar-refractivity contribution in [2.75, 3.05) is 13.2 Å². The molecular weight excluding hydrogens is 228 g/mol. The molecule has 0 spiro atoms. The second-order valence-corrected chi connectivity index (χ2v) is 2.32. The summed E-state index contributed by atoms with van der Waals surface area (Å²) in [6, 6.07) is -0.120. The molecule has 0 bridgehead atoms. The van der Waals surface area contributed by atoms with Crippen molar-refractivity contribution in [2.24, 2.45) is 11.5 Å². The average molecular weight is 271 g/mol. The van der Waals surface area contributed by atoms with Gasteiger partial charge in [-0.05, 0) is 13.8 Å². The lowest BCUT2D eigenvalue weighted by atomic mass is 10.4. The third-order valence-corrected chi connectivity index (χ3v) is 0.576. The van der Waals surface area contributed by atoms with E-state index in [1.54, 1.807) is 13.8 Å². The molecule has 0 rings (SSSR count). The molecule has 0 saturated heterocycles. The van der Waals surface area contributed by atoms with Crippen LogP contribution in [-0.2, 0) is 0 Å². The molecule has 0 aromatic rings. The highest BCUT2D eigenvalue weighted by Crippen LogP contribution is 1.63. The van der Waals surface area contributed by atoms with Gasteiger partial charge >= 0.3 is 0 Å². The van der Waals surface area contributed by atoms with E-state index in [4.69, 9.17) is 21.7 Å². The normalized spacial score (nSPS) is 9.67. The molecule has 4 nitrogen and oxygen atoms in total.